The Morgan fingerprint density at radius 3 is 2.64 bits per heavy atom. The molecule has 4 nitrogen and oxygen atoms in total. The summed E-state index contributed by atoms with van der Waals surface area (Å²) in [6.07, 6.45) is 2.02. The number of rotatable bonds is 7. The second-order valence-corrected chi connectivity index (χ2v) is 9.59. The molecule has 0 radical (unpaired) electrons. The molecule has 3 aromatic rings. The molecule has 2 aliphatic heterocycles. The van der Waals surface area contributed by atoms with E-state index in [1.165, 1.54) is 6.07 Å². The van der Waals surface area contributed by atoms with Gasteiger partial charge in [0, 0.05) is 48.3 Å². The molecule has 188 valence electrons. The van der Waals surface area contributed by atoms with Crippen LogP contribution in [0.3, 0.4) is 0 Å². The van der Waals surface area contributed by atoms with Gasteiger partial charge in [0.15, 0.2) is 0 Å². The van der Waals surface area contributed by atoms with Crippen LogP contribution in [0.15, 0.2) is 60.7 Å². The molecule has 1 N–H and O–H groups in total. The standard InChI is InChI=1S/C29H28ClF2NO3/c30-20-4-8-24(27(32)16-20)25-11-15-35-28-17-21(34)5-9-26(28)29(25)19-2-6-22(7-3-19)36-23-10-14-33(18-23)13-1-12-31/h2-9,16-17,23,34H,1,10-15,18H2/t23-/m0/s1. The van der Waals surface area contributed by atoms with E-state index in [-0.39, 0.29) is 18.5 Å². The maximum Gasteiger partial charge on any atom is 0.132 e. The van der Waals surface area contributed by atoms with Crippen LogP contribution in [0.2, 0.25) is 5.02 Å². The Morgan fingerprint density at radius 1 is 1.06 bits per heavy atom. The predicted octanol–water partition coefficient (Wildman–Crippen LogP) is 6.74. The second-order valence-electron chi connectivity index (χ2n) is 9.15. The summed E-state index contributed by atoms with van der Waals surface area (Å²) in [4.78, 5) is 2.23. The van der Waals surface area contributed by atoms with Crippen molar-refractivity contribution < 1.29 is 23.4 Å². The highest BCUT2D eigenvalue weighted by atomic mass is 35.5. The normalized spacial score (nSPS) is 18.0. The van der Waals surface area contributed by atoms with Crippen molar-refractivity contribution in [3.8, 4) is 17.2 Å². The van der Waals surface area contributed by atoms with Gasteiger partial charge in [-0.1, -0.05) is 29.8 Å². The van der Waals surface area contributed by atoms with Crippen LogP contribution in [-0.2, 0) is 0 Å². The topological polar surface area (TPSA) is 41.9 Å². The van der Waals surface area contributed by atoms with Gasteiger partial charge < -0.3 is 14.6 Å². The van der Waals surface area contributed by atoms with Crippen LogP contribution in [0.5, 0.6) is 17.2 Å². The SMILES string of the molecule is Oc1ccc2c(c1)OCCC(c1ccc(Cl)cc1F)=C2c1ccc(O[C@H]2CCN(CCCF)C2)cc1. The minimum absolute atomic E-state index is 0.0726. The van der Waals surface area contributed by atoms with Gasteiger partial charge in [0.05, 0.1) is 13.3 Å². The van der Waals surface area contributed by atoms with Gasteiger partial charge in [0.2, 0.25) is 0 Å². The van der Waals surface area contributed by atoms with Crippen LogP contribution in [0.25, 0.3) is 11.1 Å². The zero-order valence-corrected chi connectivity index (χ0v) is 20.6. The number of hydrogen-bond acceptors (Lipinski definition) is 4. The first-order valence-corrected chi connectivity index (χ1v) is 12.6. The predicted molar refractivity (Wildman–Crippen MR) is 138 cm³/mol. The van der Waals surface area contributed by atoms with Gasteiger partial charge in [-0.25, -0.2) is 4.39 Å². The largest absolute Gasteiger partial charge is 0.508 e. The van der Waals surface area contributed by atoms with E-state index >= 15 is 4.39 Å². The molecule has 0 aromatic heterocycles. The summed E-state index contributed by atoms with van der Waals surface area (Å²) in [7, 11) is 0. The van der Waals surface area contributed by atoms with E-state index in [4.69, 9.17) is 21.1 Å². The third-order valence-electron chi connectivity index (χ3n) is 6.69. The monoisotopic (exact) mass is 511 g/mol. The molecule has 2 heterocycles. The average molecular weight is 512 g/mol. The van der Waals surface area contributed by atoms with Gasteiger partial charge in [-0.05, 0) is 65.9 Å². The summed E-state index contributed by atoms with van der Waals surface area (Å²) in [6, 6.07) is 17.5. The Bertz CT molecular complexity index is 1260. The second kappa shape index (κ2) is 10.9. The number of benzene rings is 3. The molecule has 0 aliphatic carbocycles. The first-order chi connectivity index (χ1) is 17.5. The molecule has 2 aliphatic rings. The molecule has 0 amide bonds. The molecule has 7 heteroatoms. The number of fused-ring (bicyclic) bond motifs is 1. The van der Waals surface area contributed by atoms with Crippen molar-refractivity contribution in [1.82, 2.24) is 4.90 Å². The highest BCUT2D eigenvalue weighted by Gasteiger charge is 2.25. The summed E-state index contributed by atoms with van der Waals surface area (Å²) in [5.41, 5.74) is 3.79. The fourth-order valence-corrected chi connectivity index (χ4v) is 5.15. The third-order valence-corrected chi connectivity index (χ3v) is 6.92. The number of halogens is 3. The number of phenols is 1. The van der Waals surface area contributed by atoms with Crippen molar-refractivity contribution in [3.63, 3.8) is 0 Å². The molecule has 0 unspecified atom stereocenters. The quantitative estimate of drug-likeness (QED) is 0.381. The zero-order chi connectivity index (χ0) is 25.1. The number of hydrogen-bond donors (Lipinski definition) is 1. The number of nitrogens with zero attached hydrogens (tertiary/aromatic N) is 1. The molecule has 1 atom stereocenters. The summed E-state index contributed by atoms with van der Waals surface area (Å²) >= 11 is 6.02. The molecular weight excluding hydrogens is 484 g/mol. The molecule has 1 fully saturated rings. The highest BCUT2D eigenvalue weighted by Crippen LogP contribution is 2.43. The van der Waals surface area contributed by atoms with Gasteiger partial charge in [-0.15, -0.1) is 0 Å². The lowest BCUT2D eigenvalue weighted by molar-refractivity contribution is 0.198. The van der Waals surface area contributed by atoms with Crippen LogP contribution < -0.4 is 9.47 Å². The van der Waals surface area contributed by atoms with Gasteiger partial charge in [0.1, 0.15) is 29.2 Å². The summed E-state index contributed by atoms with van der Waals surface area (Å²) in [5, 5.41) is 10.4. The van der Waals surface area contributed by atoms with E-state index in [9.17, 15) is 9.50 Å². The molecule has 0 bridgehead atoms. The number of likely N-dealkylation sites (tertiary alicyclic amines) is 1. The lowest BCUT2D eigenvalue weighted by atomic mass is 9.88. The van der Waals surface area contributed by atoms with Gasteiger partial charge in [0.25, 0.3) is 0 Å². The van der Waals surface area contributed by atoms with Crippen molar-refractivity contribution in [1.29, 1.82) is 0 Å². The van der Waals surface area contributed by atoms with Crippen LogP contribution in [0.4, 0.5) is 8.78 Å². The maximum atomic E-state index is 15.1. The van der Waals surface area contributed by atoms with E-state index in [1.807, 2.05) is 24.3 Å². The van der Waals surface area contributed by atoms with Crippen LogP contribution in [-0.4, -0.2) is 49.0 Å². The Labute approximate surface area is 214 Å². The molecule has 0 saturated carbocycles. The average Bonchev–Trinajstić information content (AvgIpc) is 3.22. The van der Waals surface area contributed by atoms with Crippen LogP contribution >= 0.6 is 11.6 Å². The minimum atomic E-state index is -0.393. The van der Waals surface area contributed by atoms with Crippen LogP contribution in [0.1, 0.15) is 36.0 Å². The van der Waals surface area contributed by atoms with Crippen molar-refractivity contribution in [2.75, 3.05) is 32.9 Å². The van der Waals surface area contributed by atoms with E-state index in [0.29, 0.717) is 35.8 Å². The van der Waals surface area contributed by atoms with Crippen molar-refractivity contribution in [2.24, 2.45) is 0 Å². The molecule has 1 saturated heterocycles. The fourth-order valence-electron chi connectivity index (χ4n) is 4.99. The Hall–Kier alpha value is -3.09. The first kappa shape index (κ1) is 24.6. The van der Waals surface area contributed by atoms with Crippen molar-refractivity contribution in [3.05, 3.63) is 88.2 Å². The molecular formula is C29H28ClF2NO3. The number of phenolic OH excluding ortho intramolecular Hbond substituents is 1. The van der Waals surface area contributed by atoms with E-state index < -0.39 is 5.82 Å². The fraction of sp³-hybridized carbons (Fsp3) is 0.310. The zero-order valence-electron chi connectivity index (χ0n) is 19.9. The van der Waals surface area contributed by atoms with Crippen LogP contribution in [0, 0.1) is 5.82 Å². The number of ether oxygens (including phenoxy) is 2. The molecule has 5 rings (SSSR count). The van der Waals surface area contributed by atoms with Gasteiger partial charge in [-0.3, -0.25) is 9.29 Å². The van der Waals surface area contributed by atoms with E-state index in [1.54, 1.807) is 30.3 Å². The summed E-state index contributed by atoms with van der Waals surface area (Å²) in [6.45, 7) is 2.51. The Morgan fingerprint density at radius 2 is 1.86 bits per heavy atom. The first-order valence-electron chi connectivity index (χ1n) is 12.2. The van der Waals surface area contributed by atoms with Gasteiger partial charge in [-0.2, -0.15) is 0 Å². The highest BCUT2D eigenvalue weighted by molar-refractivity contribution is 6.30. The van der Waals surface area contributed by atoms with Gasteiger partial charge >= 0.3 is 0 Å². The maximum absolute atomic E-state index is 15.1. The third kappa shape index (κ3) is 5.35. The number of aromatic hydroxyl groups is 1. The Kier molecular flexibility index (Phi) is 7.44. The Balaban J connectivity index is 1.49. The lowest BCUT2D eigenvalue weighted by Crippen LogP contribution is -2.26. The molecule has 0 spiro atoms. The molecule has 36 heavy (non-hydrogen) atoms. The smallest absolute Gasteiger partial charge is 0.132 e. The summed E-state index contributed by atoms with van der Waals surface area (Å²) < 4.78 is 39.7. The van der Waals surface area contributed by atoms with Crippen molar-refractivity contribution >= 4 is 22.7 Å². The number of alkyl halides is 1. The minimum Gasteiger partial charge on any atom is -0.508 e. The molecule has 3 aromatic carbocycles. The van der Waals surface area contributed by atoms with E-state index in [2.05, 4.69) is 4.90 Å². The van der Waals surface area contributed by atoms with Crippen molar-refractivity contribution in [2.45, 2.75) is 25.4 Å². The lowest BCUT2D eigenvalue weighted by Gasteiger charge is -2.18. The van der Waals surface area contributed by atoms with E-state index in [0.717, 1.165) is 54.1 Å². The summed E-state index contributed by atoms with van der Waals surface area (Å²) in [5.74, 6) is 1.02.